The standard InChI is InChI=1S/C20H23NO3/c1-15(17-7-5-4-6-8-17)14-21-20(22)10-9-16-11-18(23-2)13-19(12-16)24-3/h4-13,15H,14H2,1-3H3,(H,21,22)/b10-9+. The summed E-state index contributed by atoms with van der Waals surface area (Å²) in [6, 6.07) is 15.6. The molecule has 4 nitrogen and oxygen atoms in total. The van der Waals surface area contributed by atoms with Crippen LogP contribution in [0.1, 0.15) is 24.0 Å². The van der Waals surface area contributed by atoms with E-state index in [-0.39, 0.29) is 11.8 Å². The van der Waals surface area contributed by atoms with Gasteiger partial charge in [0.05, 0.1) is 14.2 Å². The molecule has 24 heavy (non-hydrogen) atoms. The molecule has 1 atom stereocenters. The number of carbonyl (C=O) groups excluding carboxylic acids is 1. The fraction of sp³-hybridized carbons (Fsp3) is 0.250. The van der Waals surface area contributed by atoms with Crippen molar-refractivity contribution in [3.05, 3.63) is 65.7 Å². The minimum Gasteiger partial charge on any atom is -0.497 e. The maximum Gasteiger partial charge on any atom is 0.244 e. The van der Waals surface area contributed by atoms with Gasteiger partial charge in [0.1, 0.15) is 11.5 Å². The number of rotatable bonds is 7. The first-order valence-electron chi connectivity index (χ1n) is 7.86. The van der Waals surface area contributed by atoms with Crippen LogP contribution >= 0.6 is 0 Å². The lowest BCUT2D eigenvalue weighted by Crippen LogP contribution is -2.25. The molecule has 1 N–H and O–H groups in total. The van der Waals surface area contributed by atoms with Gasteiger partial charge in [-0.3, -0.25) is 4.79 Å². The Kier molecular flexibility index (Phi) is 6.43. The number of carbonyl (C=O) groups is 1. The van der Waals surface area contributed by atoms with Crippen molar-refractivity contribution in [1.82, 2.24) is 5.32 Å². The van der Waals surface area contributed by atoms with Gasteiger partial charge in [-0.05, 0) is 35.3 Å². The zero-order chi connectivity index (χ0) is 17.4. The average molecular weight is 325 g/mol. The van der Waals surface area contributed by atoms with Gasteiger partial charge in [-0.2, -0.15) is 0 Å². The van der Waals surface area contributed by atoms with Gasteiger partial charge in [0.2, 0.25) is 5.91 Å². The van der Waals surface area contributed by atoms with Gasteiger partial charge < -0.3 is 14.8 Å². The molecule has 2 aromatic carbocycles. The molecule has 0 fully saturated rings. The van der Waals surface area contributed by atoms with Crippen molar-refractivity contribution in [2.24, 2.45) is 0 Å². The Morgan fingerprint density at radius 2 is 1.71 bits per heavy atom. The van der Waals surface area contributed by atoms with E-state index in [1.807, 2.05) is 30.3 Å². The van der Waals surface area contributed by atoms with E-state index in [1.165, 1.54) is 11.6 Å². The third-order valence-corrected chi connectivity index (χ3v) is 3.75. The van der Waals surface area contributed by atoms with Gasteiger partial charge in [-0.15, -0.1) is 0 Å². The number of ether oxygens (including phenoxy) is 2. The Bertz CT molecular complexity index is 673. The number of amides is 1. The molecule has 0 aliphatic carbocycles. The van der Waals surface area contributed by atoms with Crippen molar-refractivity contribution < 1.29 is 14.3 Å². The minimum absolute atomic E-state index is 0.125. The summed E-state index contributed by atoms with van der Waals surface area (Å²) in [6.45, 7) is 2.68. The molecule has 0 heterocycles. The van der Waals surface area contributed by atoms with Crippen molar-refractivity contribution >= 4 is 12.0 Å². The van der Waals surface area contributed by atoms with Crippen LogP contribution < -0.4 is 14.8 Å². The van der Waals surface area contributed by atoms with E-state index in [2.05, 4.69) is 24.4 Å². The van der Waals surface area contributed by atoms with E-state index < -0.39 is 0 Å². The summed E-state index contributed by atoms with van der Waals surface area (Å²) in [5.41, 5.74) is 2.05. The van der Waals surface area contributed by atoms with Gasteiger partial charge in [-0.25, -0.2) is 0 Å². The van der Waals surface area contributed by atoms with E-state index in [0.717, 1.165) is 5.56 Å². The molecule has 0 aromatic heterocycles. The van der Waals surface area contributed by atoms with Crippen molar-refractivity contribution in [3.8, 4) is 11.5 Å². The molecule has 0 spiro atoms. The maximum atomic E-state index is 12.0. The first kappa shape index (κ1) is 17.6. The first-order chi connectivity index (χ1) is 11.6. The largest absolute Gasteiger partial charge is 0.497 e. The molecular weight excluding hydrogens is 302 g/mol. The van der Waals surface area contributed by atoms with E-state index in [9.17, 15) is 4.79 Å². The zero-order valence-electron chi connectivity index (χ0n) is 14.3. The van der Waals surface area contributed by atoms with Crippen LogP contribution in [0.25, 0.3) is 6.08 Å². The van der Waals surface area contributed by atoms with E-state index in [0.29, 0.717) is 18.0 Å². The molecule has 0 saturated carbocycles. The SMILES string of the molecule is COc1cc(/C=C/C(=O)NCC(C)c2ccccc2)cc(OC)c1. The van der Waals surface area contributed by atoms with Crippen molar-refractivity contribution in [1.29, 1.82) is 0 Å². The first-order valence-corrected chi connectivity index (χ1v) is 7.86. The number of nitrogens with one attached hydrogen (secondary N) is 1. The smallest absolute Gasteiger partial charge is 0.244 e. The summed E-state index contributed by atoms with van der Waals surface area (Å²) >= 11 is 0. The lowest BCUT2D eigenvalue weighted by Gasteiger charge is -2.12. The second-order valence-electron chi connectivity index (χ2n) is 5.54. The predicted octanol–water partition coefficient (Wildman–Crippen LogP) is 3.64. The van der Waals surface area contributed by atoms with Gasteiger partial charge >= 0.3 is 0 Å². The topological polar surface area (TPSA) is 47.6 Å². The van der Waals surface area contributed by atoms with E-state index in [4.69, 9.17) is 9.47 Å². The summed E-state index contributed by atoms with van der Waals surface area (Å²) in [5.74, 6) is 1.51. The van der Waals surface area contributed by atoms with Crippen molar-refractivity contribution in [3.63, 3.8) is 0 Å². The molecule has 0 aliphatic rings. The van der Waals surface area contributed by atoms with Crippen LogP contribution in [0.3, 0.4) is 0 Å². The molecule has 0 aliphatic heterocycles. The number of hydrogen-bond acceptors (Lipinski definition) is 3. The molecule has 126 valence electrons. The van der Waals surface area contributed by atoms with Gasteiger partial charge in [0, 0.05) is 18.7 Å². The lowest BCUT2D eigenvalue weighted by molar-refractivity contribution is -0.116. The van der Waals surface area contributed by atoms with Crippen LogP contribution in [0.4, 0.5) is 0 Å². The molecule has 1 amide bonds. The molecule has 0 saturated heterocycles. The van der Waals surface area contributed by atoms with Gasteiger partial charge in [-0.1, -0.05) is 37.3 Å². The third-order valence-electron chi connectivity index (χ3n) is 3.75. The zero-order valence-corrected chi connectivity index (χ0v) is 14.3. The molecule has 4 heteroatoms. The Labute approximate surface area is 143 Å². The summed E-state index contributed by atoms with van der Waals surface area (Å²) < 4.78 is 10.4. The Hall–Kier alpha value is -2.75. The number of hydrogen-bond donors (Lipinski definition) is 1. The summed E-state index contributed by atoms with van der Waals surface area (Å²) in [4.78, 5) is 12.0. The number of benzene rings is 2. The Balaban J connectivity index is 1.93. The number of methoxy groups -OCH3 is 2. The van der Waals surface area contributed by atoms with Gasteiger partial charge in [0.15, 0.2) is 0 Å². The molecule has 2 rings (SSSR count). The minimum atomic E-state index is -0.125. The fourth-order valence-electron chi connectivity index (χ4n) is 2.31. The highest BCUT2D eigenvalue weighted by atomic mass is 16.5. The van der Waals surface area contributed by atoms with Gasteiger partial charge in [0.25, 0.3) is 0 Å². The lowest BCUT2D eigenvalue weighted by atomic mass is 10.0. The van der Waals surface area contributed by atoms with Crippen molar-refractivity contribution in [2.45, 2.75) is 12.8 Å². The third kappa shape index (κ3) is 5.16. The summed E-state index contributed by atoms with van der Waals surface area (Å²) in [6.07, 6.45) is 3.26. The van der Waals surface area contributed by atoms with Crippen LogP contribution in [0, 0.1) is 0 Å². The van der Waals surface area contributed by atoms with Crippen LogP contribution in [-0.4, -0.2) is 26.7 Å². The summed E-state index contributed by atoms with van der Waals surface area (Å²) in [5, 5.41) is 2.92. The second-order valence-corrected chi connectivity index (χ2v) is 5.54. The summed E-state index contributed by atoms with van der Waals surface area (Å²) in [7, 11) is 3.19. The predicted molar refractivity (Wildman–Crippen MR) is 96.4 cm³/mol. The molecule has 0 bridgehead atoms. The molecular formula is C20H23NO3. The Morgan fingerprint density at radius 3 is 2.29 bits per heavy atom. The normalized spacial score (nSPS) is 12.0. The quantitative estimate of drug-likeness (QED) is 0.791. The maximum absolute atomic E-state index is 12.0. The fourth-order valence-corrected chi connectivity index (χ4v) is 2.31. The highest BCUT2D eigenvalue weighted by Gasteiger charge is 2.06. The van der Waals surface area contributed by atoms with Crippen LogP contribution in [0.15, 0.2) is 54.6 Å². The van der Waals surface area contributed by atoms with E-state index >= 15 is 0 Å². The van der Waals surface area contributed by atoms with E-state index in [1.54, 1.807) is 26.4 Å². The Morgan fingerprint density at radius 1 is 1.08 bits per heavy atom. The van der Waals surface area contributed by atoms with Crippen LogP contribution in [0.5, 0.6) is 11.5 Å². The highest BCUT2D eigenvalue weighted by Crippen LogP contribution is 2.23. The van der Waals surface area contributed by atoms with Crippen molar-refractivity contribution in [2.75, 3.05) is 20.8 Å². The molecule has 0 radical (unpaired) electrons. The molecule has 1 unspecified atom stereocenters. The highest BCUT2D eigenvalue weighted by molar-refractivity contribution is 5.91. The monoisotopic (exact) mass is 325 g/mol. The van der Waals surface area contributed by atoms with Crippen LogP contribution in [-0.2, 0) is 4.79 Å². The van der Waals surface area contributed by atoms with Crippen LogP contribution in [0.2, 0.25) is 0 Å². The molecule has 2 aromatic rings. The average Bonchev–Trinajstić information content (AvgIpc) is 2.64. The second kappa shape index (κ2) is 8.77.